The van der Waals surface area contributed by atoms with E-state index in [0.29, 0.717) is 17.3 Å². The molecule has 3 aromatic rings. The van der Waals surface area contributed by atoms with Gasteiger partial charge in [-0.1, -0.05) is 68.6 Å². The average Bonchev–Trinajstić information content (AvgIpc) is 2.80. The summed E-state index contributed by atoms with van der Waals surface area (Å²) >= 11 is 6.40. The number of fused-ring (bicyclic) bond motifs is 1. The smallest absolute Gasteiger partial charge is 0.138 e. The molecule has 31 heavy (non-hydrogen) atoms. The van der Waals surface area contributed by atoms with Crippen LogP contribution in [0, 0.1) is 0 Å². The highest BCUT2D eigenvalue weighted by Crippen LogP contribution is 2.35. The Hall–Kier alpha value is -2.14. The molecule has 0 aliphatic rings. The van der Waals surface area contributed by atoms with Crippen molar-refractivity contribution in [1.29, 1.82) is 0 Å². The fraction of sp³-hybridized carbons (Fsp3) is 0.423. The average molecular weight is 441 g/mol. The van der Waals surface area contributed by atoms with E-state index in [9.17, 15) is 5.11 Å². The summed E-state index contributed by atoms with van der Waals surface area (Å²) in [4.78, 5) is 7.21. The van der Waals surface area contributed by atoms with Gasteiger partial charge in [-0.05, 0) is 49.7 Å². The zero-order chi connectivity index (χ0) is 22.2. The van der Waals surface area contributed by atoms with Gasteiger partial charge in [-0.3, -0.25) is 0 Å². The van der Waals surface area contributed by atoms with Gasteiger partial charge in [0, 0.05) is 17.5 Å². The van der Waals surface area contributed by atoms with Crippen LogP contribution in [-0.4, -0.2) is 41.7 Å². The van der Waals surface area contributed by atoms with Crippen LogP contribution in [0.1, 0.15) is 51.2 Å². The van der Waals surface area contributed by atoms with Crippen LogP contribution < -0.4 is 4.74 Å². The normalized spacial score (nSPS) is 12.5. The summed E-state index contributed by atoms with van der Waals surface area (Å²) in [5.41, 5.74) is 3.46. The second-order valence-corrected chi connectivity index (χ2v) is 8.40. The van der Waals surface area contributed by atoms with E-state index in [0.717, 1.165) is 66.5 Å². The first-order valence-electron chi connectivity index (χ1n) is 11.2. The van der Waals surface area contributed by atoms with Crippen molar-refractivity contribution in [2.24, 2.45) is 0 Å². The van der Waals surface area contributed by atoms with Gasteiger partial charge < -0.3 is 14.7 Å². The van der Waals surface area contributed by atoms with Crippen LogP contribution >= 0.6 is 11.6 Å². The Kier molecular flexibility index (Phi) is 8.70. The lowest BCUT2D eigenvalue weighted by Crippen LogP contribution is -2.31. The highest BCUT2D eigenvalue weighted by atomic mass is 35.5. The van der Waals surface area contributed by atoms with Gasteiger partial charge in [-0.25, -0.2) is 4.98 Å². The SMILES string of the molecule is CCCCN(CCCC)CC(O)c1cc(-c2ccccc2)nc2cc(Cl)c(OC)cc12. The second-order valence-electron chi connectivity index (χ2n) is 7.99. The third-order valence-corrected chi connectivity index (χ3v) is 5.93. The molecule has 0 radical (unpaired) electrons. The molecule has 4 nitrogen and oxygen atoms in total. The first-order valence-corrected chi connectivity index (χ1v) is 11.6. The number of hydrogen-bond acceptors (Lipinski definition) is 4. The highest BCUT2D eigenvalue weighted by Gasteiger charge is 2.19. The van der Waals surface area contributed by atoms with Crippen LogP contribution in [0.3, 0.4) is 0 Å². The molecule has 0 saturated carbocycles. The van der Waals surface area contributed by atoms with Crippen LogP contribution in [0.4, 0.5) is 0 Å². The van der Waals surface area contributed by atoms with Crippen molar-refractivity contribution < 1.29 is 9.84 Å². The van der Waals surface area contributed by atoms with E-state index >= 15 is 0 Å². The number of aliphatic hydroxyl groups excluding tert-OH is 1. The Morgan fingerprint density at radius 1 is 1.03 bits per heavy atom. The number of rotatable bonds is 11. The standard InChI is InChI=1S/C26H33ClN2O2/c1-4-6-13-29(14-7-5-2)18-25(30)21-15-23(19-11-9-8-10-12-19)28-24-17-22(27)26(31-3)16-20(21)24/h8-12,15-17,25,30H,4-7,13-14,18H2,1-3H3. The van der Waals surface area contributed by atoms with Gasteiger partial charge in [0.1, 0.15) is 5.75 Å². The Bertz CT molecular complexity index is 970. The van der Waals surface area contributed by atoms with Crippen LogP contribution in [0.15, 0.2) is 48.5 Å². The number of unbranched alkanes of at least 4 members (excludes halogenated alkanes) is 2. The third-order valence-electron chi connectivity index (χ3n) is 5.63. The monoisotopic (exact) mass is 440 g/mol. The molecule has 0 amide bonds. The lowest BCUT2D eigenvalue weighted by Gasteiger charge is -2.26. The number of halogens is 1. The van der Waals surface area contributed by atoms with Crippen molar-refractivity contribution in [3.05, 3.63) is 59.1 Å². The van der Waals surface area contributed by atoms with Crippen molar-refractivity contribution in [2.45, 2.75) is 45.6 Å². The van der Waals surface area contributed by atoms with E-state index in [1.165, 1.54) is 0 Å². The van der Waals surface area contributed by atoms with Gasteiger partial charge >= 0.3 is 0 Å². The number of methoxy groups -OCH3 is 1. The predicted octanol–water partition coefficient (Wildman–Crippen LogP) is 6.50. The molecule has 0 aliphatic heterocycles. The highest BCUT2D eigenvalue weighted by molar-refractivity contribution is 6.32. The number of aromatic nitrogens is 1. The van der Waals surface area contributed by atoms with Gasteiger partial charge in [0.15, 0.2) is 0 Å². The maximum atomic E-state index is 11.3. The molecule has 5 heteroatoms. The van der Waals surface area contributed by atoms with E-state index in [1.54, 1.807) is 7.11 Å². The summed E-state index contributed by atoms with van der Waals surface area (Å²) in [7, 11) is 1.60. The van der Waals surface area contributed by atoms with E-state index in [4.69, 9.17) is 21.3 Å². The van der Waals surface area contributed by atoms with E-state index in [-0.39, 0.29) is 0 Å². The zero-order valence-electron chi connectivity index (χ0n) is 18.8. The second kappa shape index (κ2) is 11.5. The molecule has 1 aromatic heterocycles. The molecule has 1 atom stereocenters. The zero-order valence-corrected chi connectivity index (χ0v) is 19.5. The summed E-state index contributed by atoms with van der Waals surface area (Å²) < 4.78 is 5.44. The number of ether oxygens (including phenoxy) is 1. The summed E-state index contributed by atoms with van der Waals surface area (Å²) in [6, 6.07) is 15.8. The molecule has 0 saturated heterocycles. The summed E-state index contributed by atoms with van der Waals surface area (Å²) in [5, 5.41) is 12.7. The topological polar surface area (TPSA) is 45.6 Å². The number of benzene rings is 2. The molecule has 1 unspecified atom stereocenters. The van der Waals surface area contributed by atoms with Gasteiger partial charge in [-0.2, -0.15) is 0 Å². The number of nitrogens with zero attached hydrogens (tertiary/aromatic N) is 2. The minimum atomic E-state index is -0.632. The number of pyridine rings is 1. The number of hydrogen-bond donors (Lipinski definition) is 1. The predicted molar refractivity (Wildman–Crippen MR) is 130 cm³/mol. The van der Waals surface area contributed by atoms with E-state index in [2.05, 4.69) is 18.7 Å². The van der Waals surface area contributed by atoms with E-state index < -0.39 is 6.10 Å². The third kappa shape index (κ3) is 5.97. The van der Waals surface area contributed by atoms with Crippen molar-refractivity contribution in [2.75, 3.05) is 26.7 Å². The van der Waals surface area contributed by atoms with Crippen molar-refractivity contribution in [3.63, 3.8) is 0 Å². The molecule has 0 bridgehead atoms. The van der Waals surface area contributed by atoms with Crippen LogP contribution in [0.25, 0.3) is 22.2 Å². The molecule has 0 aliphatic carbocycles. The Labute approximate surface area is 190 Å². The molecule has 166 valence electrons. The quantitative estimate of drug-likeness (QED) is 0.369. The van der Waals surface area contributed by atoms with Crippen LogP contribution in [-0.2, 0) is 0 Å². The molecule has 3 rings (SSSR count). The molecule has 0 spiro atoms. The Balaban J connectivity index is 2.04. The lowest BCUT2D eigenvalue weighted by atomic mass is 9.99. The van der Waals surface area contributed by atoms with E-state index in [1.807, 2.05) is 48.5 Å². The fourth-order valence-electron chi connectivity index (χ4n) is 3.84. The van der Waals surface area contributed by atoms with Gasteiger partial charge in [0.05, 0.1) is 29.4 Å². The largest absolute Gasteiger partial charge is 0.495 e. The summed E-state index contributed by atoms with van der Waals surface area (Å²) in [6.45, 7) is 6.99. The van der Waals surface area contributed by atoms with Gasteiger partial charge in [0.2, 0.25) is 0 Å². The van der Waals surface area contributed by atoms with Crippen molar-refractivity contribution in [1.82, 2.24) is 9.88 Å². The maximum absolute atomic E-state index is 11.3. The minimum Gasteiger partial charge on any atom is -0.495 e. The molecular weight excluding hydrogens is 408 g/mol. The van der Waals surface area contributed by atoms with Gasteiger partial charge in [0.25, 0.3) is 0 Å². The number of aliphatic hydroxyl groups is 1. The fourth-order valence-corrected chi connectivity index (χ4v) is 4.08. The molecule has 2 aromatic carbocycles. The summed E-state index contributed by atoms with van der Waals surface area (Å²) in [5.74, 6) is 0.589. The van der Waals surface area contributed by atoms with Crippen LogP contribution in [0.5, 0.6) is 5.75 Å². The lowest BCUT2D eigenvalue weighted by molar-refractivity contribution is 0.112. The van der Waals surface area contributed by atoms with Crippen LogP contribution in [0.2, 0.25) is 5.02 Å². The first kappa shape index (κ1) is 23.5. The van der Waals surface area contributed by atoms with Gasteiger partial charge in [-0.15, -0.1) is 0 Å². The first-order chi connectivity index (χ1) is 15.1. The molecule has 0 fully saturated rings. The minimum absolute atomic E-state index is 0.515. The molecule has 1 heterocycles. The molecule has 1 N–H and O–H groups in total. The maximum Gasteiger partial charge on any atom is 0.138 e. The van der Waals surface area contributed by atoms with Crippen molar-refractivity contribution >= 4 is 22.5 Å². The van der Waals surface area contributed by atoms with Crippen molar-refractivity contribution in [3.8, 4) is 17.0 Å². The Morgan fingerprint density at radius 2 is 1.71 bits per heavy atom. The Morgan fingerprint density at radius 3 is 2.32 bits per heavy atom. The summed E-state index contributed by atoms with van der Waals surface area (Å²) in [6.07, 6.45) is 3.92. The molecular formula is C26H33ClN2O2.